The van der Waals surface area contributed by atoms with Gasteiger partial charge in [0, 0.05) is 37.5 Å². The zero-order valence-corrected chi connectivity index (χ0v) is 21.6. The van der Waals surface area contributed by atoms with Crippen molar-refractivity contribution in [3.05, 3.63) is 78.1 Å². The fourth-order valence-corrected chi connectivity index (χ4v) is 4.20. The van der Waals surface area contributed by atoms with Crippen LogP contribution in [-0.4, -0.2) is 54.4 Å². The molecule has 1 unspecified atom stereocenters. The van der Waals surface area contributed by atoms with Gasteiger partial charge in [0.05, 0.1) is 25.0 Å². The Morgan fingerprint density at radius 3 is 2.52 bits per heavy atom. The second kappa shape index (κ2) is 12.6. The Morgan fingerprint density at radius 2 is 1.79 bits per heavy atom. The summed E-state index contributed by atoms with van der Waals surface area (Å²) in [6.07, 6.45) is 6.40. The molecule has 0 aliphatic carbocycles. The maximum absolute atomic E-state index is 5.65. The third kappa shape index (κ3) is 6.48. The summed E-state index contributed by atoms with van der Waals surface area (Å²) in [5.41, 5.74) is 3.35. The largest absolute Gasteiger partial charge is 0.496 e. The highest BCUT2D eigenvalue weighted by Gasteiger charge is 2.26. The maximum Gasteiger partial charge on any atom is 0.191 e. The van der Waals surface area contributed by atoms with Gasteiger partial charge in [-0.3, -0.25) is 9.89 Å². The number of benzene rings is 2. The van der Waals surface area contributed by atoms with Crippen LogP contribution in [0.5, 0.6) is 5.75 Å². The Bertz CT molecular complexity index is 1020. The molecule has 0 radical (unpaired) electrons. The fraction of sp³-hybridized carbons (Fsp3) is 0.360. The number of hydrogen-bond donors (Lipinski definition) is 2. The molecule has 1 aromatic heterocycles. The van der Waals surface area contributed by atoms with E-state index >= 15 is 0 Å². The molecule has 0 amide bonds. The number of aliphatic imine (C=N–C) groups is 1. The Balaban J connectivity index is 0.00000306. The Morgan fingerprint density at radius 1 is 1.06 bits per heavy atom. The number of aromatic nitrogens is 2. The summed E-state index contributed by atoms with van der Waals surface area (Å²) in [6.45, 7) is 3.61. The molecule has 2 N–H and O–H groups in total. The summed E-state index contributed by atoms with van der Waals surface area (Å²) >= 11 is 0. The number of hydrogen-bond acceptors (Lipinski definition) is 4. The first kappa shape index (κ1) is 25.0. The maximum atomic E-state index is 5.65. The number of likely N-dealkylation sites (tertiary alicyclic amines) is 1. The predicted octanol–water partition coefficient (Wildman–Crippen LogP) is 4.00. The van der Waals surface area contributed by atoms with E-state index in [1.165, 1.54) is 18.4 Å². The van der Waals surface area contributed by atoms with Gasteiger partial charge in [-0.25, -0.2) is 4.68 Å². The number of halogens is 1. The van der Waals surface area contributed by atoms with Crippen LogP contribution in [0.4, 0.5) is 0 Å². The molecule has 176 valence electrons. The van der Waals surface area contributed by atoms with Crippen LogP contribution in [0.1, 0.15) is 30.0 Å². The van der Waals surface area contributed by atoms with E-state index in [9.17, 15) is 0 Å². The number of ether oxygens (including phenoxy) is 1. The lowest BCUT2D eigenvalue weighted by Crippen LogP contribution is -2.42. The van der Waals surface area contributed by atoms with Crippen LogP contribution in [0.3, 0.4) is 0 Å². The molecule has 1 fully saturated rings. The van der Waals surface area contributed by atoms with E-state index in [1.54, 1.807) is 14.2 Å². The number of guanidine groups is 1. The predicted molar refractivity (Wildman–Crippen MR) is 144 cm³/mol. The minimum Gasteiger partial charge on any atom is -0.496 e. The zero-order valence-electron chi connectivity index (χ0n) is 19.3. The molecular formula is C25H33IN6O. The number of nitrogens with zero attached hydrogens (tertiary/aromatic N) is 4. The lowest BCUT2D eigenvalue weighted by molar-refractivity contribution is 0.239. The summed E-state index contributed by atoms with van der Waals surface area (Å²) in [7, 11) is 3.54. The Kier molecular flexibility index (Phi) is 9.56. The van der Waals surface area contributed by atoms with Crippen molar-refractivity contribution in [3.8, 4) is 11.4 Å². The van der Waals surface area contributed by atoms with Crippen LogP contribution >= 0.6 is 24.0 Å². The summed E-state index contributed by atoms with van der Waals surface area (Å²) < 4.78 is 7.54. The number of methoxy groups -OCH3 is 1. The molecule has 2 aromatic carbocycles. The quantitative estimate of drug-likeness (QED) is 0.248. The average molecular weight is 560 g/mol. The first-order chi connectivity index (χ1) is 15.8. The van der Waals surface area contributed by atoms with Crippen molar-refractivity contribution in [1.82, 2.24) is 25.3 Å². The molecule has 1 saturated heterocycles. The average Bonchev–Trinajstić information content (AvgIpc) is 3.55. The van der Waals surface area contributed by atoms with Crippen LogP contribution < -0.4 is 15.4 Å². The summed E-state index contributed by atoms with van der Waals surface area (Å²) in [6, 6.07) is 18.7. The topological polar surface area (TPSA) is 66.7 Å². The molecular weight excluding hydrogens is 527 g/mol. The third-order valence-corrected chi connectivity index (χ3v) is 5.88. The minimum atomic E-state index is 0. The van der Waals surface area contributed by atoms with Crippen molar-refractivity contribution in [2.75, 3.05) is 33.8 Å². The van der Waals surface area contributed by atoms with E-state index in [4.69, 9.17) is 4.74 Å². The Hall–Kier alpha value is -2.59. The van der Waals surface area contributed by atoms with Gasteiger partial charge < -0.3 is 15.4 Å². The molecule has 1 atom stereocenters. The van der Waals surface area contributed by atoms with Crippen LogP contribution in [0.2, 0.25) is 0 Å². The van der Waals surface area contributed by atoms with Crippen LogP contribution in [-0.2, 0) is 6.54 Å². The summed E-state index contributed by atoms with van der Waals surface area (Å²) in [4.78, 5) is 6.95. The van der Waals surface area contributed by atoms with Gasteiger partial charge in [0.25, 0.3) is 0 Å². The van der Waals surface area contributed by atoms with E-state index in [0.29, 0.717) is 6.54 Å². The van der Waals surface area contributed by atoms with E-state index in [1.807, 2.05) is 59.5 Å². The molecule has 0 spiro atoms. The number of rotatable bonds is 8. The fourth-order valence-electron chi connectivity index (χ4n) is 4.20. The first-order valence-corrected chi connectivity index (χ1v) is 11.2. The Labute approximate surface area is 213 Å². The van der Waals surface area contributed by atoms with E-state index in [-0.39, 0.29) is 30.0 Å². The summed E-state index contributed by atoms with van der Waals surface area (Å²) in [5, 5.41) is 11.4. The van der Waals surface area contributed by atoms with Crippen molar-refractivity contribution in [2.45, 2.75) is 25.4 Å². The van der Waals surface area contributed by atoms with Crippen molar-refractivity contribution in [2.24, 2.45) is 4.99 Å². The van der Waals surface area contributed by atoms with Crippen molar-refractivity contribution >= 4 is 29.9 Å². The standard InChI is InChI=1S/C25H32N6O.HI/c1-26-25(27-16-20-17-29-31(19-20)21-10-4-3-5-11-21)28-18-23(30-14-8-9-15-30)22-12-6-7-13-24(22)32-2;/h3-7,10-13,17,19,23H,8-9,14-16,18H2,1-2H3,(H2,26,27,28);1H. The van der Waals surface area contributed by atoms with Crippen molar-refractivity contribution < 1.29 is 4.74 Å². The van der Waals surface area contributed by atoms with Gasteiger partial charge in [0.15, 0.2) is 5.96 Å². The molecule has 0 bridgehead atoms. The molecule has 8 heteroatoms. The highest BCUT2D eigenvalue weighted by molar-refractivity contribution is 14.0. The highest BCUT2D eigenvalue weighted by atomic mass is 127. The van der Waals surface area contributed by atoms with Gasteiger partial charge in [-0.05, 0) is 44.1 Å². The van der Waals surface area contributed by atoms with Gasteiger partial charge >= 0.3 is 0 Å². The SMILES string of the molecule is CN=C(NCc1cnn(-c2ccccc2)c1)NCC(c1ccccc1OC)N1CCCC1.I. The normalized spacial score (nSPS) is 15.0. The van der Waals surface area contributed by atoms with E-state index in [0.717, 1.165) is 42.6 Å². The molecule has 7 nitrogen and oxygen atoms in total. The monoisotopic (exact) mass is 560 g/mol. The second-order valence-corrected chi connectivity index (χ2v) is 7.94. The van der Waals surface area contributed by atoms with Gasteiger partial charge in [0.2, 0.25) is 0 Å². The number of nitrogens with one attached hydrogen (secondary N) is 2. The first-order valence-electron chi connectivity index (χ1n) is 11.2. The number of para-hydroxylation sites is 2. The van der Waals surface area contributed by atoms with E-state index < -0.39 is 0 Å². The van der Waals surface area contributed by atoms with Crippen molar-refractivity contribution in [3.63, 3.8) is 0 Å². The summed E-state index contributed by atoms with van der Waals surface area (Å²) in [5.74, 6) is 1.71. The molecule has 33 heavy (non-hydrogen) atoms. The lowest BCUT2D eigenvalue weighted by Gasteiger charge is -2.30. The van der Waals surface area contributed by atoms with Gasteiger partial charge in [0.1, 0.15) is 5.75 Å². The molecule has 4 rings (SSSR count). The lowest BCUT2D eigenvalue weighted by atomic mass is 10.0. The van der Waals surface area contributed by atoms with Crippen molar-refractivity contribution in [1.29, 1.82) is 0 Å². The van der Waals surface area contributed by atoms with Gasteiger partial charge in [-0.2, -0.15) is 5.10 Å². The van der Waals surface area contributed by atoms with Crippen LogP contribution in [0.25, 0.3) is 5.69 Å². The van der Waals surface area contributed by atoms with Crippen LogP contribution in [0, 0.1) is 0 Å². The van der Waals surface area contributed by atoms with E-state index in [2.05, 4.69) is 37.8 Å². The highest BCUT2D eigenvalue weighted by Crippen LogP contribution is 2.31. The van der Waals surface area contributed by atoms with Gasteiger partial charge in [-0.1, -0.05) is 36.4 Å². The van der Waals surface area contributed by atoms with Crippen LogP contribution in [0.15, 0.2) is 72.0 Å². The molecule has 0 saturated carbocycles. The second-order valence-electron chi connectivity index (χ2n) is 7.94. The van der Waals surface area contributed by atoms with Gasteiger partial charge in [-0.15, -0.1) is 24.0 Å². The molecule has 1 aliphatic rings. The third-order valence-electron chi connectivity index (χ3n) is 5.88. The minimum absolute atomic E-state index is 0. The zero-order chi connectivity index (χ0) is 22.2. The molecule has 2 heterocycles. The smallest absolute Gasteiger partial charge is 0.191 e. The molecule has 1 aliphatic heterocycles. The molecule has 3 aromatic rings.